The fraction of sp³-hybridized carbons (Fsp3) is 0.220. The fourth-order valence-corrected chi connectivity index (χ4v) is 13.0. The zero-order valence-corrected chi connectivity index (χ0v) is 35.2. The van der Waals surface area contributed by atoms with Crippen LogP contribution in [-0.4, -0.2) is 0 Å². The van der Waals surface area contributed by atoms with Crippen molar-refractivity contribution < 1.29 is 0 Å². The van der Waals surface area contributed by atoms with Crippen molar-refractivity contribution in [3.05, 3.63) is 216 Å². The van der Waals surface area contributed by atoms with Crippen LogP contribution in [0.4, 0.5) is 34.1 Å². The quantitative estimate of drug-likeness (QED) is 0.151. The number of hydrogen-bond donors (Lipinski definition) is 0. The Kier molecular flexibility index (Phi) is 8.43. The van der Waals surface area contributed by atoms with Crippen molar-refractivity contribution >= 4 is 44.9 Å². The molecule has 5 aliphatic rings. The Morgan fingerprint density at radius 1 is 0.361 bits per heavy atom. The van der Waals surface area contributed by atoms with Gasteiger partial charge in [0, 0.05) is 45.0 Å². The third-order valence-corrected chi connectivity index (χ3v) is 15.5. The van der Waals surface area contributed by atoms with E-state index in [1.54, 1.807) is 0 Å². The lowest BCUT2D eigenvalue weighted by atomic mass is 9.42. The molecule has 4 saturated carbocycles. The third kappa shape index (κ3) is 5.75. The van der Waals surface area contributed by atoms with Gasteiger partial charge < -0.3 is 9.80 Å². The van der Waals surface area contributed by atoms with Gasteiger partial charge in [0.2, 0.25) is 0 Å². The second-order valence-corrected chi connectivity index (χ2v) is 19.0. The Balaban J connectivity index is 0.953. The molecule has 0 aliphatic heterocycles. The molecular formula is C59H52N2. The van der Waals surface area contributed by atoms with E-state index in [-0.39, 0.29) is 10.8 Å². The first-order valence-electron chi connectivity index (χ1n) is 22.6. The summed E-state index contributed by atoms with van der Waals surface area (Å²) in [6.07, 6.45) is 6.80. The van der Waals surface area contributed by atoms with E-state index in [1.165, 1.54) is 110 Å². The molecule has 4 fully saturated rings. The Hall–Kier alpha value is -6.38. The molecule has 298 valence electrons. The van der Waals surface area contributed by atoms with E-state index in [0.29, 0.717) is 11.8 Å². The molecule has 0 saturated heterocycles. The molecule has 0 heterocycles. The fourth-order valence-electron chi connectivity index (χ4n) is 13.0. The Labute approximate surface area is 361 Å². The van der Waals surface area contributed by atoms with Crippen LogP contribution in [0.3, 0.4) is 0 Å². The average Bonchev–Trinajstić information content (AvgIpc) is 3.53. The highest BCUT2D eigenvalue weighted by Crippen LogP contribution is 2.65. The number of fused-ring (bicyclic) bond motifs is 4. The van der Waals surface area contributed by atoms with Gasteiger partial charge in [-0.25, -0.2) is 0 Å². The molecule has 0 atom stereocenters. The molecule has 8 aromatic rings. The molecule has 0 radical (unpaired) electrons. The summed E-state index contributed by atoms with van der Waals surface area (Å²) in [4.78, 5) is 4.89. The number of nitrogens with zero attached hydrogens (tertiary/aromatic N) is 2. The van der Waals surface area contributed by atoms with E-state index in [2.05, 4.69) is 218 Å². The van der Waals surface area contributed by atoms with E-state index in [9.17, 15) is 0 Å². The molecule has 0 unspecified atom stereocenters. The van der Waals surface area contributed by atoms with Crippen LogP contribution in [0.25, 0.3) is 21.9 Å². The second-order valence-electron chi connectivity index (χ2n) is 19.0. The molecule has 0 aromatic heterocycles. The van der Waals surface area contributed by atoms with Gasteiger partial charge >= 0.3 is 0 Å². The maximum Gasteiger partial charge on any atom is 0.0468 e. The Bertz CT molecular complexity index is 2860. The zero-order chi connectivity index (χ0) is 40.7. The van der Waals surface area contributed by atoms with Gasteiger partial charge in [0.15, 0.2) is 0 Å². The predicted molar refractivity (Wildman–Crippen MR) is 255 cm³/mol. The van der Waals surface area contributed by atoms with Crippen LogP contribution in [0.1, 0.15) is 68.2 Å². The normalized spacial score (nSPS) is 22.8. The van der Waals surface area contributed by atoms with Gasteiger partial charge in [-0.3, -0.25) is 0 Å². The minimum absolute atomic E-state index is 0.00798. The zero-order valence-electron chi connectivity index (χ0n) is 35.2. The van der Waals surface area contributed by atoms with Crippen LogP contribution in [0.15, 0.2) is 194 Å². The smallest absolute Gasteiger partial charge is 0.0468 e. The van der Waals surface area contributed by atoms with E-state index >= 15 is 0 Å². The number of hydrogen-bond acceptors (Lipinski definition) is 2. The van der Waals surface area contributed by atoms with Crippen LogP contribution >= 0.6 is 0 Å². The van der Waals surface area contributed by atoms with Crippen molar-refractivity contribution in [2.45, 2.75) is 56.8 Å². The molecule has 0 amide bonds. The van der Waals surface area contributed by atoms with Crippen molar-refractivity contribution in [3.8, 4) is 11.1 Å². The third-order valence-electron chi connectivity index (χ3n) is 15.5. The number of benzene rings is 8. The summed E-state index contributed by atoms with van der Waals surface area (Å²) in [5.74, 6) is 3.05. The van der Waals surface area contributed by atoms with E-state index in [0.717, 1.165) is 11.8 Å². The second kappa shape index (κ2) is 14.1. The van der Waals surface area contributed by atoms with Crippen LogP contribution < -0.4 is 9.80 Å². The predicted octanol–water partition coefficient (Wildman–Crippen LogP) is 15.8. The van der Waals surface area contributed by atoms with Gasteiger partial charge in [-0.05, 0) is 173 Å². The van der Waals surface area contributed by atoms with Crippen LogP contribution in [0.2, 0.25) is 0 Å². The summed E-state index contributed by atoms with van der Waals surface area (Å²) in [6, 6.07) is 73.1. The highest BCUT2D eigenvalue weighted by atomic mass is 15.1. The summed E-state index contributed by atoms with van der Waals surface area (Å²) in [5, 5.41) is 2.52. The molecular weight excluding hydrogens is 737 g/mol. The van der Waals surface area contributed by atoms with Gasteiger partial charge in [0.05, 0.1) is 0 Å². The molecule has 8 aromatic carbocycles. The summed E-state index contributed by atoms with van der Waals surface area (Å²) >= 11 is 0. The molecule has 61 heavy (non-hydrogen) atoms. The lowest BCUT2D eigenvalue weighted by Gasteiger charge is -2.62. The van der Waals surface area contributed by atoms with Crippen molar-refractivity contribution in [1.82, 2.24) is 0 Å². The summed E-state index contributed by atoms with van der Waals surface area (Å²) < 4.78 is 0. The first-order valence-corrected chi connectivity index (χ1v) is 22.6. The topological polar surface area (TPSA) is 6.48 Å². The first-order chi connectivity index (χ1) is 29.9. The summed E-state index contributed by atoms with van der Waals surface area (Å²) in [7, 11) is 0. The van der Waals surface area contributed by atoms with E-state index in [1.807, 2.05) is 0 Å². The van der Waals surface area contributed by atoms with Crippen molar-refractivity contribution in [2.75, 3.05) is 9.80 Å². The standard InChI is InChI=1S/C59H52N2/c1-58(2)56-20-12-11-19-54(56)55-32-31-53(39-57(55)58)61(49-17-7-4-8-18-49)51-29-24-45(25-30-51)59(46-34-40-33-41(36-46)37-47(59)35-40)44-22-27-50(28-23-44)60(48-15-5-3-6-16-48)52-26-21-42-13-9-10-14-43(42)38-52/h3-32,38-41,46-47H,33-37H2,1-2H3. The number of para-hydroxylation sites is 2. The van der Waals surface area contributed by atoms with Crippen LogP contribution in [-0.2, 0) is 10.8 Å². The molecule has 2 nitrogen and oxygen atoms in total. The monoisotopic (exact) mass is 788 g/mol. The average molecular weight is 789 g/mol. The molecule has 13 rings (SSSR count). The number of rotatable bonds is 8. The minimum atomic E-state index is -0.0663. The molecule has 2 heteroatoms. The molecule has 4 bridgehead atoms. The maximum absolute atomic E-state index is 2.51. The largest absolute Gasteiger partial charge is 0.310 e. The van der Waals surface area contributed by atoms with E-state index < -0.39 is 0 Å². The van der Waals surface area contributed by atoms with Crippen LogP contribution in [0.5, 0.6) is 0 Å². The maximum atomic E-state index is 2.51. The van der Waals surface area contributed by atoms with Crippen molar-refractivity contribution in [1.29, 1.82) is 0 Å². The summed E-state index contributed by atoms with van der Waals surface area (Å²) in [6.45, 7) is 4.76. The van der Waals surface area contributed by atoms with Gasteiger partial charge in [-0.1, -0.05) is 135 Å². The molecule has 5 aliphatic carbocycles. The van der Waals surface area contributed by atoms with Gasteiger partial charge in [-0.15, -0.1) is 0 Å². The van der Waals surface area contributed by atoms with E-state index in [4.69, 9.17) is 0 Å². The lowest BCUT2D eigenvalue weighted by Crippen LogP contribution is -2.56. The summed E-state index contributed by atoms with van der Waals surface area (Å²) in [5.41, 5.74) is 15.6. The molecule has 0 spiro atoms. The van der Waals surface area contributed by atoms with Gasteiger partial charge in [0.25, 0.3) is 0 Å². The SMILES string of the molecule is CC1(C)c2ccccc2-c2ccc(N(c3ccccc3)c3ccc(C4(c5ccc(N(c6ccccc6)c6ccc7ccccc7c6)cc5)C5CC6CC(C5)CC4C6)cc3)cc21. The van der Waals surface area contributed by atoms with Crippen molar-refractivity contribution in [3.63, 3.8) is 0 Å². The van der Waals surface area contributed by atoms with Crippen molar-refractivity contribution in [2.24, 2.45) is 23.7 Å². The number of anilines is 6. The first kappa shape index (κ1) is 36.5. The van der Waals surface area contributed by atoms with Gasteiger partial charge in [-0.2, -0.15) is 0 Å². The Morgan fingerprint density at radius 3 is 1.39 bits per heavy atom. The van der Waals surface area contributed by atoms with Crippen LogP contribution in [0, 0.1) is 23.7 Å². The highest BCUT2D eigenvalue weighted by molar-refractivity contribution is 5.89. The molecule has 0 N–H and O–H groups in total. The Morgan fingerprint density at radius 2 is 0.803 bits per heavy atom. The minimum Gasteiger partial charge on any atom is -0.310 e. The highest BCUT2D eigenvalue weighted by Gasteiger charge is 2.58. The lowest BCUT2D eigenvalue weighted by molar-refractivity contribution is -0.0418. The van der Waals surface area contributed by atoms with Gasteiger partial charge in [0.1, 0.15) is 0 Å².